The Morgan fingerprint density at radius 3 is 2.55 bits per heavy atom. The second-order valence-corrected chi connectivity index (χ2v) is 9.93. The highest BCUT2D eigenvalue weighted by Gasteiger charge is 2.22. The van der Waals surface area contributed by atoms with Crippen molar-refractivity contribution in [1.82, 2.24) is 15.6 Å². The highest BCUT2D eigenvalue weighted by atomic mass is 32.2. The maximum atomic E-state index is 12.6. The summed E-state index contributed by atoms with van der Waals surface area (Å²) in [5.41, 5.74) is 10.7. The van der Waals surface area contributed by atoms with E-state index in [0.29, 0.717) is 42.3 Å². The summed E-state index contributed by atoms with van der Waals surface area (Å²) in [7, 11) is 0. The van der Waals surface area contributed by atoms with Gasteiger partial charge in [0.1, 0.15) is 0 Å². The average Bonchev–Trinajstić information content (AvgIpc) is 3.44. The number of nitrogens with one attached hydrogen (secondary N) is 3. The van der Waals surface area contributed by atoms with Gasteiger partial charge < -0.3 is 25.8 Å². The molecular weight excluding hydrogens is 502 g/mol. The number of thioether (sulfide) groups is 1. The monoisotopic (exact) mass is 537 g/mol. The number of primary amides is 1. The fourth-order valence-electron chi connectivity index (χ4n) is 4.59. The number of ether oxygens (including phenoxy) is 2. The smallest absolute Gasteiger partial charge is 0.238 e. The molecule has 1 aromatic heterocycles. The lowest BCUT2D eigenvalue weighted by atomic mass is 10.0. The first-order chi connectivity index (χ1) is 18.4. The Morgan fingerprint density at radius 2 is 1.89 bits per heavy atom. The van der Waals surface area contributed by atoms with Crippen LogP contribution in [0.15, 0.2) is 36.5 Å². The maximum absolute atomic E-state index is 12.6. The summed E-state index contributed by atoms with van der Waals surface area (Å²) in [6.07, 6.45) is 2.46. The first-order valence-corrected chi connectivity index (χ1v) is 14.1. The van der Waals surface area contributed by atoms with E-state index in [1.807, 2.05) is 44.2 Å². The van der Waals surface area contributed by atoms with Crippen LogP contribution in [-0.2, 0) is 29.0 Å². The van der Waals surface area contributed by atoms with E-state index >= 15 is 0 Å². The molecule has 1 saturated heterocycles. The molecule has 3 aromatic rings. The molecule has 2 aromatic carbocycles. The molecule has 1 aliphatic rings. The number of aromatic nitrogens is 1. The fourth-order valence-corrected chi connectivity index (χ4v) is 5.53. The number of nitrogens with zero attached hydrogens (tertiary/aromatic N) is 1. The second kappa shape index (κ2) is 12.8. The van der Waals surface area contributed by atoms with Crippen molar-refractivity contribution in [2.24, 2.45) is 5.73 Å². The summed E-state index contributed by atoms with van der Waals surface area (Å²) in [6, 6.07) is 9.57. The molecule has 5 N–H and O–H groups in total. The minimum atomic E-state index is -0.448. The van der Waals surface area contributed by atoms with Gasteiger partial charge in [0.05, 0.1) is 36.9 Å². The SMILES string of the molecule is CCOc1cc2ncc(CC(N)=O)c(Nc3cccc(CNC(=O)[C@@H]4CSCN4)c3CC)c2cc1OCC. The van der Waals surface area contributed by atoms with Crippen molar-refractivity contribution in [3.63, 3.8) is 0 Å². The normalized spacial score (nSPS) is 14.9. The van der Waals surface area contributed by atoms with Gasteiger partial charge in [-0.05, 0) is 43.5 Å². The molecule has 0 aliphatic carbocycles. The van der Waals surface area contributed by atoms with Crippen LogP contribution in [0.25, 0.3) is 10.9 Å². The molecule has 9 nitrogen and oxygen atoms in total. The summed E-state index contributed by atoms with van der Waals surface area (Å²) < 4.78 is 11.7. The van der Waals surface area contributed by atoms with Crippen molar-refractivity contribution in [2.75, 3.05) is 30.2 Å². The van der Waals surface area contributed by atoms with Crippen molar-refractivity contribution in [3.05, 3.63) is 53.2 Å². The molecule has 1 fully saturated rings. The van der Waals surface area contributed by atoms with E-state index in [2.05, 4.69) is 27.9 Å². The Hall–Kier alpha value is -3.50. The predicted octanol–water partition coefficient (Wildman–Crippen LogP) is 3.64. The van der Waals surface area contributed by atoms with E-state index in [1.54, 1.807) is 18.0 Å². The standard InChI is InChI=1S/C28H35N5O4S/c1-4-19-17(13-31-28(35)23-15-38-16-32-23)8-7-9-21(19)33-27-18(10-26(29)34)14-30-22-12-25(37-6-3)24(36-5-2)11-20(22)27/h7-9,11-12,14,23,32H,4-6,10,13,15-16H2,1-3H3,(H2,29,34)(H,30,33)(H,31,35)/t23-/m0/s1. The number of carbonyl (C=O) groups excluding carboxylic acids is 2. The van der Waals surface area contributed by atoms with Crippen molar-refractivity contribution in [1.29, 1.82) is 0 Å². The van der Waals surface area contributed by atoms with Crippen LogP contribution in [0.3, 0.4) is 0 Å². The van der Waals surface area contributed by atoms with Gasteiger partial charge in [-0.2, -0.15) is 0 Å². The molecule has 202 valence electrons. The lowest BCUT2D eigenvalue weighted by Gasteiger charge is -2.20. The quantitative estimate of drug-likeness (QED) is 0.276. The van der Waals surface area contributed by atoms with Crippen LogP contribution in [0.1, 0.15) is 37.5 Å². The van der Waals surface area contributed by atoms with Crippen LogP contribution in [-0.4, -0.2) is 47.7 Å². The molecule has 38 heavy (non-hydrogen) atoms. The van der Waals surface area contributed by atoms with E-state index in [9.17, 15) is 9.59 Å². The van der Waals surface area contributed by atoms with Crippen LogP contribution < -0.4 is 31.2 Å². The highest BCUT2D eigenvalue weighted by Crippen LogP contribution is 2.38. The third kappa shape index (κ3) is 6.31. The molecule has 0 radical (unpaired) electrons. The minimum absolute atomic E-state index is 0.00726. The molecule has 2 amide bonds. The zero-order valence-corrected chi connectivity index (χ0v) is 22.9. The molecule has 2 heterocycles. The molecule has 1 atom stereocenters. The Balaban J connectivity index is 1.73. The number of amides is 2. The summed E-state index contributed by atoms with van der Waals surface area (Å²) in [4.78, 5) is 29.1. The van der Waals surface area contributed by atoms with Gasteiger partial charge in [-0.1, -0.05) is 19.1 Å². The number of hydrogen-bond donors (Lipinski definition) is 4. The summed E-state index contributed by atoms with van der Waals surface area (Å²) >= 11 is 1.72. The van der Waals surface area contributed by atoms with E-state index in [1.165, 1.54) is 0 Å². The number of fused-ring (bicyclic) bond motifs is 1. The van der Waals surface area contributed by atoms with Gasteiger partial charge in [0.2, 0.25) is 11.8 Å². The van der Waals surface area contributed by atoms with Crippen molar-refractivity contribution in [3.8, 4) is 11.5 Å². The van der Waals surface area contributed by atoms with Gasteiger partial charge in [0.15, 0.2) is 11.5 Å². The van der Waals surface area contributed by atoms with Gasteiger partial charge in [-0.3, -0.25) is 19.9 Å². The van der Waals surface area contributed by atoms with Gasteiger partial charge >= 0.3 is 0 Å². The van der Waals surface area contributed by atoms with Crippen LogP contribution >= 0.6 is 11.8 Å². The number of hydrogen-bond acceptors (Lipinski definition) is 8. The summed E-state index contributed by atoms with van der Waals surface area (Å²) in [5.74, 6) is 2.35. The molecule has 0 unspecified atom stereocenters. The predicted molar refractivity (Wildman–Crippen MR) is 152 cm³/mol. The van der Waals surface area contributed by atoms with Gasteiger partial charge in [0, 0.05) is 47.1 Å². The van der Waals surface area contributed by atoms with Crippen LogP contribution in [0, 0.1) is 0 Å². The van der Waals surface area contributed by atoms with E-state index in [0.717, 1.165) is 45.9 Å². The molecule has 1 aliphatic heterocycles. The minimum Gasteiger partial charge on any atom is -0.490 e. The van der Waals surface area contributed by atoms with Crippen molar-refractivity contribution in [2.45, 2.75) is 46.2 Å². The van der Waals surface area contributed by atoms with Crippen molar-refractivity contribution >= 4 is 45.9 Å². The highest BCUT2D eigenvalue weighted by molar-refractivity contribution is 7.99. The fraction of sp³-hybridized carbons (Fsp3) is 0.393. The van der Waals surface area contributed by atoms with Gasteiger partial charge in [-0.25, -0.2) is 0 Å². The Morgan fingerprint density at radius 1 is 1.13 bits per heavy atom. The number of carbonyl (C=O) groups is 2. The third-order valence-electron chi connectivity index (χ3n) is 6.35. The summed E-state index contributed by atoms with van der Waals surface area (Å²) in [5, 5.41) is 10.6. The van der Waals surface area contributed by atoms with E-state index < -0.39 is 5.91 Å². The molecule has 0 spiro atoms. The van der Waals surface area contributed by atoms with Crippen LogP contribution in [0.2, 0.25) is 0 Å². The topological polar surface area (TPSA) is 128 Å². The molecule has 10 heteroatoms. The zero-order chi connectivity index (χ0) is 27.1. The van der Waals surface area contributed by atoms with Gasteiger partial charge in [0.25, 0.3) is 0 Å². The molecular formula is C28H35N5O4S. The number of rotatable bonds is 12. The summed E-state index contributed by atoms with van der Waals surface area (Å²) in [6.45, 7) is 7.32. The lowest BCUT2D eigenvalue weighted by Crippen LogP contribution is -2.41. The first kappa shape index (κ1) is 27.5. The number of benzene rings is 2. The molecule has 0 saturated carbocycles. The maximum Gasteiger partial charge on any atom is 0.238 e. The molecule has 4 rings (SSSR count). The third-order valence-corrected chi connectivity index (χ3v) is 7.29. The lowest BCUT2D eigenvalue weighted by molar-refractivity contribution is -0.122. The van der Waals surface area contributed by atoms with E-state index in [-0.39, 0.29) is 18.4 Å². The Bertz CT molecular complexity index is 1310. The number of anilines is 2. The molecule has 0 bridgehead atoms. The number of pyridine rings is 1. The average molecular weight is 538 g/mol. The van der Waals surface area contributed by atoms with Gasteiger partial charge in [-0.15, -0.1) is 11.8 Å². The van der Waals surface area contributed by atoms with Crippen molar-refractivity contribution < 1.29 is 19.1 Å². The van der Waals surface area contributed by atoms with Crippen LogP contribution in [0.5, 0.6) is 11.5 Å². The second-order valence-electron chi connectivity index (χ2n) is 8.90. The Kier molecular flexibility index (Phi) is 9.30. The number of nitrogens with two attached hydrogens (primary N) is 1. The largest absolute Gasteiger partial charge is 0.490 e. The van der Waals surface area contributed by atoms with Crippen LogP contribution in [0.4, 0.5) is 11.4 Å². The van der Waals surface area contributed by atoms with E-state index in [4.69, 9.17) is 15.2 Å². The Labute approximate surface area is 227 Å². The zero-order valence-electron chi connectivity index (χ0n) is 22.1. The first-order valence-electron chi connectivity index (χ1n) is 12.9.